The van der Waals surface area contributed by atoms with Gasteiger partial charge in [-0.25, -0.2) is 9.97 Å². The van der Waals surface area contributed by atoms with Crippen molar-refractivity contribution in [1.82, 2.24) is 14.9 Å². The summed E-state index contributed by atoms with van der Waals surface area (Å²) in [4.78, 5) is 36.3. The predicted octanol–water partition coefficient (Wildman–Crippen LogP) is 3.27. The Labute approximate surface area is 185 Å². The van der Waals surface area contributed by atoms with Crippen LogP contribution in [-0.4, -0.2) is 51.9 Å². The fraction of sp³-hybridized carbons (Fsp3) is 0.261. The minimum atomic E-state index is -0.494. The summed E-state index contributed by atoms with van der Waals surface area (Å²) in [5.41, 5.74) is 1.91. The molecule has 1 aliphatic heterocycles. The lowest BCUT2D eigenvalue weighted by atomic mass is 10.1. The molecular weight excluding hydrogens is 408 g/mol. The summed E-state index contributed by atoms with van der Waals surface area (Å²) in [6.45, 7) is 6.02. The lowest BCUT2D eigenvalue weighted by Crippen LogP contribution is -2.46. The van der Waals surface area contributed by atoms with Crippen LogP contribution in [0.4, 0.5) is 17.3 Å². The summed E-state index contributed by atoms with van der Waals surface area (Å²) in [5.74, 6) is 0.643. The van der Waals surface area contributed by atoms with Gasteiger partial charge < -0.3 is 10.2 Å². The Bertz CT molecular complexity index is 1110. The van der Waals surface area contributed by atoms with Crippen molar-refractivity contribution < 1.29 is 9.72 Å². The van der Waals surface area contributed by atoms with Gasteiger partial charge in [0.2, 0.25) is 0 Å². The van der Waals surface area contributed by atoms with Crippen molar-refractivity contribution >= 4 is 23.2 Å². The van der Waals surface area contributed by atoms with Crippen molar-refractivity contribution in [2.24, 2.45) is 0 Å². The third-order valence-electron chi connectivity index (χ3n) is 5.51. The molecule has 1 amide bonds. The van der Waals surface area contributed by atoms with Crippen molar-refractivity contribution in [2.75, 3.05) is 36.4 Å². The van der Waals surface area contributed by atoms with Gasteiger partial charge in [0.25, 0.3) is 11.6 Å². The minimum absolute atomic E-state index is 0.0885. The number of anilines is 2. The van der Waals surface area contributed by atoms with Gasteiger partial charge in [-0.3, -0.25) is 19.8 Å². The van der Waals surface area contributed by atoms with Crippen LogP contribution < -0.4 is 10.2 Å². The summed E-state index contributed by atoms with van der Waals surface area (Å²) in [7, 11) is 0. The van der Waals surface area contributed by atoms with E-state index in [4.69, 9.17) is 0 Å². The van der Waals surface area contributed by atoms with E-state index in [2.05, 4.69) is 49.4 Å². The zero-order valence-electron chi connectivity index (χ0n) is 17.8. The largest absolute Gasteiger partial charge is 0.354 e. The molecule has 164 valence electrons. The third-order valence-corrected chi connectivity index (χ3v) is 5.51. The summed E-state index contributed by atoms with van der Waals surface area (Å²) in [5, 5.41) is 13.9. The second-order valence-corrected chi connectivity index (χ2v) is 7.72. The van der Waals surface area contributed by atoms with Crippen molar-refractivity contribution in [3.8, 4) is 0 Å². The molecule has 0 atom stereocenters. The first-order chi connectivity index (χ1) is 15.5. The standard InChI is InChI=1S/C23H24N6O3/c1-17-7-8-19(13-20(17)29(31)32)23(30)26-21-14-22(25-16-24-21)28-11-9-27(10-12-28)15-18-5-3-2-4-6-18/h2-8,13-14,16H,9-12,15H2,1H3,(H,24,25,26,30). The van der Waals surface area contributed by atoms with Gasteiger partial charge in [0.1, 0.15) is 18.0 Å². The number of nitrogens with zero attached hydrogens (tertiary/aromatic N) is 5. The van der Waals surface area contributed by atoms with Gasteiger partial charge in [-0.2, -0.15) is 0 Å². The highest BCUT2D eigenvalue weighted by atomic mass is 16.6. The molecule has 9 heteroatoms. The Morgan fingerprint density at radius 1 is 1.06 bits per heavy atom. The topological polar surface area (TPSA) is 104 Å². The monoisotopic (exact) mass is 432 g/mol. The van der Waals surface area contributed by atoms with E-state index in [1.165, 1.54) is 18.0 Å². The zero-order chi connectivity index (χ0) is 22.5. The lowest BCUT2D eigenvalue weighted by molar-refractivity contribution is -0.385. The van der Waals surface area contributed by atoms with Crippen LogP contribution in [0.1, 0.15) is 21.5 Å². The minimum Gasteiger partial charge on any atom is -0.354 e. The van der Waals surface area contributed by atoms with Gasteiger partial charge in [-0.15, -0.1) is 0 Å². The van der Waals surface area contributed by atoms with Gasteiger partial charge in [0.15, 0.2) is 0 Å². The number of piperazine rings is 1. The highest BCUT2D eigenvalue weighted by molar-refractivity contribution is 6.04. The maximum atomic E-state index is 12.6. The predicted molar refractivity (Wildman–Crippen MR) is 122 cm³/mol. The molecule has 32 heavy (non-hydrogen) atoms. The van der Waals surface area contributed by atoms with Crippen LogP contribution in [0.25, 0.3) is 0 Å². The highest BCUT2D eigenvalue weighted by Crippen LogP contribution is 2.21. The van der Waals surface area contributed by atoms with Crippen molar-refractivity contribution in [1.29, 1.82) is 0 Å². The average molecular weight is 432 g/mol. The van der Waals surface area contributed by atoms with Gasteiger partial charge >= 0.3 is 0 Å². The molecule has 0 radical (unpaired) electrons. The van der Waals surface area contributed by atoms with Crippen LogP contribution in [-0.2, 0) is 6.54 Å². The Morgan fingerprint density at radius 2 is 1.81 bits per heavy atom. The Morgan fingerprint density at radius 3 is 2.53 bits per heavy atom. The summed E-state index contributed by atoms with van der Waals surface area (Å²) < 4.78 is 0. The van der Waals surface area contributed by atoms with E-state index in [1.54, 1.807) is 25.1 Å². The van der Waals surface area contributed by atoms with E-state index in [0.717, 1.165) is 38.5 Å². The number of amides is 1. The van der Waals surface area contributed by atoms with E-state index in [-0.39, 0.29) is 11.3 Å². The maximum Gasteiger partial charge on any atom is 0.273 e. The van der Waals surface area contributed by atoms with Crippen LogP contribution in [0.15, 0.2) is 60.9 Å². The van der Waals surface area contributed by atoms with Gasteiger partial charge in [0, 0.05) is 56.0 Å². The number of nitro groups is 1. The fourth-order valence-electron chi connectivity index (χ4n) is 3.70. The van der Waals surface area contributed by atoms with Gasteiger partial charge in [0.05, 0.1) is 4.92 Å². The Kier molecular flexibility index (Phi) is 6.37. The molecule has 1 N–H and O–H groups in total. The summed E-state index contributed by atoms with van der Waals surface area (Å²) in [6, 6.07) is 16.5. The summed E-state index contributed by atoms with van der Waals surface area (Å²) in [6.07, 6.45) is 1.42. The average Bonchev–Trinajstić information content (AvgIpc) is 2.80. The first-order valence-electron chi connectivity index (χ1n) is 10.4. The molecule has 4 rings (SSSR count). The molecule has 2 aromatic carbocycles. The molecule has 1 aromatic heterocycles. The molecule has 0 bridgehead atoms. The molecule has 1 fully saturated rings. The molecule has 0 spiro atoms. The van der Waals surface area contributed by atoms with Gasteiger partial charge in [-0.1, -0.05) is 36.4 Å². The SMILES string of the molecule is Cc1ccc(C(=O)Nc2cc(N3CCN(Cc4ccccc4)CC3)ncn2)cc1[N+](=O)[O-]. The maximum absolute atomic E-state index is 12.6. The number of aromatic nitrogens is 2. The molecule has 3 aromatic rings. The molecule has 0 aliphatic carbocycles. The number of nitrogens with one attached hydrogen (secondary N) is 1. The van der Waals surface area contributed by atoms with Crippen molar-refractivity contribution in [2.45, 2.75) is 13.5 Å². The van der Waals surface area contributed by atoms with E-state index >= 15 is 0 Å². The quantitative estimate of drug-likeness (QED) is 0.471. The number of hydrogen-bond donors (Lipinski definition) is 1. The second-order valence-electron chi connectivity index (χ2n) is 7.72. The molecule has 0 saturated carbocycles. The number of nitro benzene ring substituents is 1. The highest BCUT2D eigenvalue weighted by Gasteiger charge is 2.20. The third kappa shape index (κ3) is 5.06. The number of rotatable bonds is 6. The van der Waals surface area contributed by atoms with Crippen molar-refractivity contribution in [3.63, 3.8) is 0 Å². The molecule has 0 unspecified atom stereocenters. The smallest absolute Gasteiger partial charge is 0.273 e. The molecule has 1 aliphatic rings. The van der Waals surface area contributed by atoms with E-state index < -0.39 is 10.8 Å². The van der Waals surface area contributed by atoms with E-state index in [0.29, 0.717) is 11.4 Å². The molecule has 1 saturated heterocycles. The molecule has 9 nitrogen and oxygen atoms in total. The number of benzene rings is 2. The van der Waals surface area contributed by atoms with E-state index in [9.17, 15) is 14.9 Å². The Balaban J connectivity index is 1.38. The second kappa shape index (κ2) is 9.52. The van der Waals surface area contributed by atoms with Crippen molar-refractivity contribution in [3.05, 3.63) is 87.7 Å². The normalized spacial score (nSPS) is 14.2. The first-order valence-corrected chi connectivity index (χ1v) is 10.4. The van der Waals surface area contributed by atoms with Crippen LogP contribution in [0.5, 0.6) is 0 Å². The van der Waals surface area contributed by atoms with Crippen LogP contribution in [0, 0.1) is 17.0 Å². The van der Waals surface area contributed by atoms with E-state index in [1.807, 2.05) is 6.07 Å². The number of aryl methyl sites for hydroxylation is 1. The number of carbonyl (C=O) groups is 1. The molecule has 2 heterocycles. The number of hydrogen-bond acceptors (Lipinski definition) is 7. The van der Waals surface area contributed by atoms with Crippen LogP contribution >= 0.6 is 0 Å². The lowest BCUT2D eigenvalue weighted by Gasteiger charge is -2.35. The van der Waals surface area contributed by atoms with Gasteiger partial charge in [-0.05, 0) is 18.6 Å². The van der Waals surface area contributed by atoms with Crippen LogP contribution in [0.2, 0.25) is 0 Å². The Hall–Kier alpha value is -3.85. The summed E-state index contributed by atoms with van der Waals surface area (Å²) >= 11 is 0. The zero-order valence-corrected chi connectivity index (χ0v) is 17.8. The first kappa shape index (κ1) is 21.4. The fourth-order valence-corrected chi connectivity index (χ4v) is 3.70. The number of carbonyl (C=O) groups excluding carboxylic acids is 1. The van der Waals surface area contributed by atoms with Crippen LogP contribution in [0.3, 0.4) is 0 Å². The molecular formula is C23H24N6O3.